The van der Waals surface area contributed by atoms with E-state index in [1.165, 1.54) is 10.4 Å². The number of aryl methyl sites for hydroxylation is 1. The van der Waals surface area contributed by atoms with Crippen LogP contribution in [-0.2, 0) is 0 Å². The summed E-state index contributed by atoms with van der Waals surface area (Å²) in [5.74, 6) is 0. The lowest BCUT2D eigenvalue weighted by Crippen LogP contribution is -2.25. The zero-order chi connectivity index (χ0) is 9.35. The highest BCUT2D eigenvalue weighted by molar-refractivity contribution is 7.10. The minimum Gasteiger partial charge on any atom is -0.323 e. The zero-order valence-corrected chi connectivity index (χ0v) is 9.03. The number of nitrogens with two attached hydrogens (primary N) is 1. The standard InChI is InChI=1S/C10H17NS/c1-7-5-8(6-12-7)9(11)10(2,3)4/h5-6,9H,11H2,1-4H3. The molecule has 1 nitrogen and oxygen atoms in total. The fourth-order valence-corrected chi connectivity index (χ4v) is 1.87. The minimum absolute atomic E-state index is 0.155. The van der Waals surface area contributed by atoms with E-state index in [1.807, 2.05) is 0 Å². The molecule has 0 saturated carbocycles. The number of hydrogen-bond acceptors (Lipinski definition) is 2. The number of thiophene rings is 1. The van der Waals surface area contributed by atoms with Gasteiger partial charge in [-0.25, -0.2) is 0 Å². The molecule has 1 aromatic rings. The van der Waals surface area contributed by atoms with Crippen molar-refractivity contribution in [1.29, 1.82) is 0 Å². The summed E-state index contributed by atoms with van der Waals surface area (Å²) in [6.07, 6.45) is 0. The third-order valence-electron chi connectivity index (χ3n) is 2.04. The normalized spacial score (nSPS) is 14.8. The quantitative estimate of drug-likeness (QED) is 0.711. The van der Waals surface area contributed by atoms with Crippen molar-refractivity contribution in [3.05, 3.63) is 21.9 Å². The number of rotatable bonds is 1. The third-order valence-corrected chi connectivity index (χ3v) is 2.92. The summed E-state index contributed by atoms with van der Waals surface area (Å²) in [5.41, 5.74) is 7.52. The van der Waals surface area contributed by atoms with Gasteiger partial charge in [-0.2, -0.15) is 0 Å². The van der Waals surface area contributed by atoms with Crippen molar-refractivity contribution >= 4 is 11.3 Å². The predicted octanol–water partition coefficient (Wildman–Crippen LogP) is 3.10. The van der Waals surface area contributed by atoms with Crippen molar-refractivity contribution in [1.82, 2.24) is 0 Å². The van der Waals surface area contributed by atoms with Crippen molar-refractivity contribution < 1.29 is 0 Å². The molecule has 12 heavy (non-hydrogen) atoms. The molecule has 0 fully saturated rings. The van der Waals surface area contributed by atoms with Crippen molar-refractivity contribution in [2.75, 3.05) is 0 Å². The van der Waals surface area contributed by atoms with E-state index in [1.54, 1.807) is 11.3 Å². The van der Waals surface area contributed by atoms with Gasteiger partial charge >= 0.3 is 0 Å². The number of hydrogen-bond donors (Lipinski definition) is 1. The van der Waals surface area contributed by atoms with Gasteiger partial charge in [0.15, 0.2) is 0 Å². The van der Waals surface area contributed by atoms with E-state index in [9.17, 15) is 0 Å². The van der Waals surface area contributed by atoms with E-state index < -0.39 is 0 Å². The molecule has 2 heteroatoms. The highest BCUT2D eigenvalue weighted by Crippen LogP contribution is 2.32. The summed E-state index contributed by atoms with van der Waals surface area (Å²) in [4.78, 5) is 1.34. The van der Waals surface area contributed by atoms with Crippen LogP contribution in [0.25, 0.3) is 0 Å². The van der Waals surface area contributed by atoms with Crippen LogP contribution in [0.15, 0.2) is 11.4 Å². The van der Waals surface area contributed by atoms with Crippen molar-refractivity contribution in [3.63, 3.8) is 0 Å². The molecular weight excluding hydrogens is 166 g/mol. The average Bonchev–Trinajstić information content (AvgIpc) is 2.32. The smallest absolute Gasteiger partial charge is 0.0352 e. The highest BCUT2D eigenvalue weighted by atomic mass is 32.1. The first kappa shape index (κ1) is 9.75. The molecule has 1 aromatic heterocycles. The van der Waals surface area contributed by atoms with Crippen LogP contribution in [0, 0.1) is 12.3 Å². The lowest BCUT2D eigenvalue weighted by atomic mass is 9.84. The maximum atomic E-state index is 6.09. The van der Waals surface area contributed by atoms with E-state index in [2.05, 4.69) is 39.1 Å². The van der Waals surface area contributed by atoms with E-state index in [0.29, 0.717) is 0 Å². The van der Waals surface area contributed by atoms with E-state index >= 15 is 0 Å². The summed E-state index contributed by atoms with van der Waals surface area (Å²) in [7, 11) is 0. The van der Waals surface area contributed by atoms with Crippen molar-refractivity contribution in [3.8, 4) is 0 Å². The van der Waals surface area contributed by atoms with Gasteiger partial charge in [-0.1, -0.05) is 20.8 Å². The molecule has 1 unspecified atom stereocenters. The Morgan fingerprint density at radius 2 is 2.00 bits per heavy atom. The van der Waals surface area contributed by atoms with Gasteiger partial charge in [0.25, 0.3) is 0 Å². The fourth-order valence-electron chi connectivity index (χ4n) is 1.13. The summed E-state index contributed by atoms with van der Waals surface area (Å²) in [6, 6.07) is 2.34. The Morgan fingerprint density at radius 3 is 2.33 bits per heavy atom. The molecule has 0 aliphatic rings. The SMILES string of the molecule is Cc1cc(C(N)C(C)(C)C)cs1. The van der Waals surface area contributed by atoms with Crippen LogP contribution in [-0.4, -0.2) is 0 Å². The molecule has 0 aliphatic heterocycles. The van der Waals surface area contributed by atoms with Gasteiger partial charge in [-0.05, 0) is 29.3 Å². The minimum atomic E-state index is 0.155. The maximum Gasteiger partial charge on any atom is 0.0352 e. The van der Waals surface area contributed by atoms with Gasteiger partial charge in [-0.15, -0.1) is 11.3 Å². The molecular formula is C10H17NS. The maximum absolute atomic E-state index is 6.09. The first-order chi connectivity index (χ1) is 5.41. The fraction of sp³-hybridized carbons (Fsp3) is 0.600. The summed E-state index contributed by atoms with van der Waals surface area (Å²) in [6.45, 7) is 8.63. The van der Waals surface area contributed by atoms with E-state index in [4.69, 9.17) is 5.73 Å². The monoisotopic (exact) mass is 183 g/mol. The van der Waals surface area contributed by atoms with Gasteiger partial charge in [0.1, 0.15) is 0 Å². The topological polar surface area (TPSA) is 26.0 Å². The summed E-state index contributed by atoms with van der Waals surface area (Å²) < 4.78 is 0. The Morgan fingerprint density at radius 1 is 1.42 bits per heavy atom. The molecule has 0 aromatic carbocycles. The second-order valence-electron chi connectivity index (χ2n) is 4.33. The lowest BCUT2D eigenvalue weighted by Gasteiger charge is -2.26. The van der Waals surface area contributed by atoms with Gasteiger partial charge in [0.05, 0.1) is 0 Å². The molecule has 0 radical (unpaired) electrons. The molecule has 0 aliphatic carbocycles. The molecule has 0 saturated heterocycles. The summed E-state index contributed by atoms with van der Waals surface area (Å²) in [5, 5.41) is 2.16. The van der Waals surface area contributed by atoms with Crippen LogP contribution in [0.1, 0.15) is 37.3 Å². The molecule has 0 spiro atoms. The van der Waals surface area contributed by atoms with Crippen LogP contribution < -0.4 is 5.73 Å². The molecule has 0 amide bonds. The Hall–Kier alpha value is -0.340. The largest absolute Gasteiger partial charge is 0.323 e. The zero-order valence-electron chi connectivity index (χ0n) is 8.22. The van der Waals surface area contributed by atoms with Crippen LogP contribution in [0.5, 0.6) is 0 Å². The molecule has 68 valence electrons. The Labute approximate surface area is 78.6 Å². The van der Waals surface area contributed by atoms with Crippen LogP contribution in [0.4, 0.5) is 0 Å². The van der Waals surface area contributed by atoms with Crippen LogP contribution in [0.3, 0.4) is 0 Å². The second-order valence-corrected chi connectivity index (χ2v) is 5.45. The first-order valence-corrected chi connectivity index (χ1v) is 5.10. The van der Waals surface area contributed by atoms with Gasteiger partial charge in [0, 0.05) is 10.9 Å². The van der Waals surface area contributed by atoms with Gasteiger partial charge in [0.2, 0.25) is 0 Å². The predicted molar refractivity (Wildman–Crippen MR) is 55.4 cm³/mol. The van der Waals surface area contributed by atoms with Crippen molar-refractivity contribution in [2.45, 2.75) is 33.7 Å². The second kappa shape index (κ2) is 3.19. The Balaban J connectivity index is 2.85. The van der Waals surface area contributed by atoms with Gasteiger partial charge in [-0.3, -0.25) is 0 Å². The highest BCUT2D eigenvalue weighted by Gasteiger charge is 2.22. The van der Waals surface area contributed by atoms with Crippen molar-refractivity contribution in [2.24, 2.45) is 11.1 Å². The molecule has 2 N–H and O–H groups in total. The Bertz CT molecular complexity index is 257. The Kier molecular flexibility index (Phi) is 2.59. The molecule has 1 atom stereocenters. The molecule has 1 heterocycles. The van der Waals surface area contributed by atoms with Crippen LogP contribution in [0.2, 0.25) is 0 Å². The molecule has 0 bridgehead atoms. The molecule has 1 rings (SSSR count). The van der Waals surface area contributed by atoms with Crippen LogP contribution >= 0.6 is 11.3 Å². The average molecular weight is 183 g/mol. The van der Waals surface area contributed by atoms with E-state index in [0.717, 1.165) is 0 Å². The lowest BCUT2D eigenvalue weighted by molar-refractivity contribution is 0.327. The third kappa shape index (κ3) is 2.08. The first-order valence-electron chi connectivity index (χ1n) is 4.22. The van der Waals surface area contributed by atoms with Gasteiger partial charge < -0.3 is 5.73 Å². The van der Waals surface area contributed by atoms with E-state index in [-0.39, 0.29) is 11.5 Å². The summed E-state index contributed by atoms with van der Waals surface area (Å²) >= 11 is 1.77.